The van der Waals surface area contributed by atoms with Crippen LogP contribution in [0.2, 0.25) is 0 Å². The highest BCUT2D eigenvalue weighted by Gasteiger charge is 2.09. The second-order valence-electron chi connectivity index (χ2n) is 4.23. The third-order valence-corrected chi connectivity index (χ3v) is 4.20. The van der Waals surface area contributed by atoms with Crippen LogP contribution in [0.25, 0.3) is 0 Å². The summed E-state index contributed by atoms with van der Waals surface area (Å²) in [5.74, 6) is 0.754. The molecule has 0 fully saturated rings. The summed E-state index contributed by atoms with van der Waals surface area (Å²) >= 11 is 5.35. The number of hydrogen-bond donors (Lipinski definition) is 1. The van der Waals surface area contributed by atoms with Gasteiger partial charge >= 0.3 is 0 Å². The Bertz CT molecular complexity index is 285. The average Bonchev–Trinajstić information content (AvgIpc) is 2.51. The van der Waals surface area contributed by atoms with E-state index >= 15 is 0 Å². The van der Waals surface area contributed by atoms with Crippen LogP contribution in [0.5, 0.6) is 0 Å². The first-order chi connectivity index (χ1) is 7.11. The molecule has 0 aliphatic carbocycles. The Labute approximate surface area is 105 Å². The molecule has 2 unspecified atom stereocenters. The molecule has 0 saturated heterocycles. The van der Waals surface area contributed by atoms with Gasteiger partial charge in [0, 0.05) is 20.8 Å². The van der Waals surface area contributed by atoms with Crippen LogP contribution in [-0.4, -0.2) is 12.6 Å². The summed E-state index contributed by atoms with van der Waals surface area (Å²) in [7, 11) is 0. The molecule has 1 aromatic rings. The third-order valence-electron chi connectivity index (χ3n) is 2.48. The van der Waals surface area contributed by atoms with E-state index in [4.69, 9.17) is 0 Å². The van der Waals surface area contributed by atoms with Gasteiger partial charge in [0.15, 0.2) is 0 Å². The van der Waals surface area contributed by atoms with Gasteiger partial charge in [0.25, 0.3) is 0 Å². The molecule has 1 rings (SSSR count). The molecule has 0 aromatic carbocycles. The van der Waals surface area contributed by atoms with Gasteiger partial charge in [-0.1, -0.05) is 13.8 Å². The van der Waals surface area contributed by atoms with Gasteiger partial charge in [0.2, 0.25) is 0 Å². The van der Waals surface area contributed by atoms with Crippen LogP contribution in [0.1, 0.15) is 32.1 Å². The van der Waals surface area contributed by atoms with E-state index in [-0.39, 0.29) is 0 Å². The van der Waals surface area contributed by atoms with E-state index in [1.807, 2.05) is 11.3 Å². The monoisotopic (exact) mass is 289 g/mol. The fourth-order valence-corrected chi connectivity index (χ4v) is 3.54. The Hall–Kier alpha value is 0.140. The van der Waals surface area contributed by atoms with E-state index in [0.29, 0.717) is 6.04 Å². The maximum absolute atomic E-state index is 3.50. The predicted molar refractivity (Wildman–Crippen MR) is 72.6 cm³/mol. The van der Waals surface area contributed by atoms with Crippen molar-refractivity contribution in [2.45, 2.75) is 39.7 Å². The number of hydrogen-bond acceptors (Lipinski definition) is 2. The van der Waals surface area contributed by atoms with Crippen molar-refractivity contribution in [1.82, 2.24) is 5.32 Å². The lowest BCUT2D eigenvalue weighted by atomic mass is 9.98. The first kappa shape index (κ1) is 13.2. The predicted octanol–water partition coefficient (Wildman–Crippen LogP) is 4.08. The lowest BCUT2D eigenvalue weighted by Crippen LogP contribution is -2.27. The highest BCUT2D eigenvalue weighted by molar-refractivity contribution is 9.10. The Kier molecular flexibility index (Phi) is 5.87. The summed E-state index contributed by atoms with van der Waals surface area (Å²) < 4.78 is 1.22. The molecule has 0 saturated carbocycles. The molecule has 0 aliphatic rings. The average molecular weight is 290 g/mol. The summed E-state index contributed by atoms with van der Waals surface area (Å²) in [6.07, 6.45) is 2.45. The second kappa shape index (κ2) is 6.66. The minimum atomic E-state index is 0.633. The smallest absolute Gasteiger partial charge is 0.0285 e. The molecule has 1 aromatic heterocycles. The van der Waals surface area contributed by atoms with Gasteiger partial charge in [-0.3, -0.25) is 0 Å². The van der Waals surface area contributed by atoms with E-state index in [1.54, 1.807) is 0 Å². The Morgan fingerprint density at radius 3 is 2.73 bits per heavy atom. The molecule has 2 atom stereocenters. The number of nitrogens with one attached hydrogen (secondary N) is 1. The van der Waals surface area contributed by atoms with E-state index in [0.717, 1.165) is 12.5 Å². The van der Waals surface area contributed by atoms with Crippen LogP contribution in [0, 0.1) is 5.92 Å². The van der Waals surface area contributed by atoms with Crippen LogP contribution in [-0.2, 0) is 6.42 Å². The van der Waals surface area contributed by atoms with Crippen molar-refractivity contribution in [3.63, 3.8) is 0 Å². The van der Waals surface area contributed by atoms with Gasteiger partial charge in [-0.25, -0.2) is 0 Å². The molecule has 1 nitrogen and oxygen atoms in total. The van der Waals surface area contributed by atoms with Crippen LogP contribution < -0.4 is 5.32 Å². The van der Waals surface area contributed by atoms with Gasteiger partial charge in [0.05, 0.1) is 0 Å². The van der Waals surface area contributed by atoms with Crippen molar-refractivity contribution in [2.24, 2.45) is 5.92 Å². The zero-order valence-electron chi connectivity index (χ0n) is 9.72. The fourth-order valence-electron chi connectivity index (χ4n) is 1.92. The van der Waals surface area contributed by atoms with Crippen LogP contribution >= 0.6 is 27.3 Å². The largest absolute Gasteiger partial charge is 0.315 e. The molecule has 0 amide bonds. The van der Waals surface area contributed by atoms with Crippen LogP contribution in [0.3, 0.4) is 0 Å². The molecule has 1 heterocycles. The van der Waals surface area contributed by atoms with E-state index in [9.17, 15) is 0 Å². The molecule has 0 aliphatic heterocycles. The lowest BCUT2D eigenvalue weighted by molar-refractivity contribution is 0.428. The molecular weight excluding hydrogens is 270 g/mol. The van der Waals surface area contributed by atoms with E-state index in [1.165, 1.54) is 22.2 Å². The molecular formula is C12H20BrNS. The Balaban J connectivity index is 2.32. The molecule has 0 radical (unpaired) electrons. The summed E-state index contributed by atoms with van der Waals surface area (Å²) in [5, 5.41) is 5.62. The zero-order chi connectivity index (χ0) is 11.3. The van der Waals surface area contributed by atoms with Crippen molar-refractivity contribution < 1.29 is 0 Å². The maximum Gasteiger partial charge on any atom is 0.0285 e. The van der Waals surface area contributed by atoms with Gasteiger partial charge in [0.1, 0.15) is 0 Å². The normalized spacial score (nSPS) is 15.2. The highest BCUT2D eigenvalue weighted by Crippen LogP contribution is 2.23. The quantitative estimate of drug-likeness (QED) is 0.832. The lowest BCUT2D eigenvalue weighted by Gasteiger charge is -2.17. The van der Waals surface area contributed by atoms with E-state index < -0.39 is 0 Å². The minimum Gasteiger partial charge on any atom is -0.315 e. The first-order valence-electron chi connectivity index (χ1n) is 5.58. The van der Waals surface area contributed by atoms with Crippen molar-refractivity contribution in [2.75, 3.05) is 6.54 Å². The topological polar surface area (TPSA) is 12.0 Å². The number of rotatable bonds is 6. The SMILES string of the molecule is CCNC(C)CC(C)Cc1cc(Br)cs1. The van der Waals surface area contributed by atoms with Crippen LogP contribution in [0.15, 0.2) is 15.9 Å². The molecule has 0 spiro atoms. The van der Waals surface area contributed by atoms with Gasteiger partial charge in [-0.2, -0.15) is 0 Å². The van der Waals surface area contributed by atoms with Crippen molar-refractivity contribution in [1.29, 1.82) is 0 Å². The number of halogens is 1. The maximum atomic E-state index is 3.50. The Morgan fingerprint density at radius 1 is 1.47 bits per heavy atom. The van der Waals surface area contributed by atoms with Gasteiger partial charge in [-0.15, -0.1) is 11.3 Å². The van der Waals surface area contributed by atoms with Crippen LogP contribution in [0.4, 0.5) is 0 Å². The van der Waals surface area contributed by atoms with E-state index in [2.05, 4.69) is 53.5 Å². The standard InChI is InChI=1S/C12H20BrNS/c1-4-14-10(3)5-9(2)6-12-7-11(13)8-15-12/h7-10,14H,4-6H2,1-3H3. The van der Waals surface area contributed by atoms with Gasteiger partial charge < -0.3 is 5.32 Å². The third kappa shape index (κ3) is 5.14. The molecule has 3 heteroatoms. The first-order valence-corrected chi connectivity index (χ1v) is 7.25. The molecule has 86 valence electrons. The second-order valence-corrected chi connectivity index (χ2v) is 6.15. The summed E-state index contributed by atoms with van der Waals surface area (Å²) in [6, 6.07) is 2.87. The van der Waals surface area contributed by atoms with Crippen molar-refractivity contribution in [3.8, 4) is 0 Å². The van der Waals surface area contributed by atoms with Crippen molar-refractivity contribution >= 4 is 27.3 Å². The van der Waals surface area contributed by atoms with Gasteiger partial charge in [-0.05, 0) is 54.2 Å². The summed E-state index contributed by atoms with van der Waals surface area (Å²) in [5.41, 5.74) is 0. The summed E-state index contributed by atoms with van der Waals surface area (Å²) in [4.78, 5) is 1.48. The highest BCUT2D eigenvalue weighted by atomic mass is 79.9. The minimum absolute atomic E-state index is 0.633. The van der Waals surface area contributed by atoms with Crippen molar-refractivity contribution in [3.05, 3.63) is 20.8 Å². The number of thiophene rings is 1. The molecule has 1 N–H and O–H groups in total. The zero-order valence-corrected chi connectivity index (χ0v) is 12.1. The molecule has 0 bridgehead atoms. The summed E-state index contributed by atoms with van der Waals surface area (Å²) in [6.45, 7) is 7.84. The molecule has 15 heavy (non-hydrogen) atoms. The fraction of sp³-hybridized carbons (Fsp3) is 0.667. The Morgan fingerprint density at radius 2 is 2.20 bits per heavy atom.